The van der Waals surface area contributed by atoms with Crippen molar-refractivity contribution in [2.24, 2.45) is 0 Å². The number of benzene rings is 1. The Morgan fingerprint density at radius 3 is 2.83 bits per heavy atom. The highest BCUT2D eigenvalue weighted by atomic mass is 35.5. The molecular formula is C17H13ClFN5. The van der Waals surface area contributed by atoms with Crippen LogP contribution in [-0.4, -0.2) is 25.1 Å². The highest BCUT2D eigenvalue weighted by molar-refractivity contribution is 6.29. The van der Waals surface area contributed by atoms with Crippen LogP contribution in [0.2, 0.25) is 5.15 Å². The predicted octanol–water partition coefficient (Wildman–Crippen LogP) is 3.65. The number of nitrogens with one attached hydrogen (secondary N) is 1. The fourth-order valence-electron chi connectivity index (χ4n) is 2.63. The number of aromatic amines is 1. The minimum absolute atomic E-state index is 0.291. The van der Waals surface area contributed by atoms with Crippen molar-refractivity contribution in [1.82, 2.24) is 25.1 Å². The van der Waals surface area contributed by atoms with Crippen LogP contribution < -0.4 is 0 Å². The Hall–Kier alpha value is -2.73. The van der Waals surface area contributed by atoms with Crippen LogP contribution in [0, 0.1) is 5.82 Å². The average molecular weight is 342 g/mol. The lowest BCUT2D eigenvalue weighted by atomic mass is 10.2. The van der Waals surface area contributed by atoms with Gasteiger partial charge < -0.3 is 9.88 Å². The number of H-pyrrole nitrogens is 1. The number of hydrogen-bond donors (Lipinski definition) is 1. The van der Waals surface area contributed by atoms with Crippen molar-refractivity contribution in [1.29, 1.82) is 0 Å². The molecule has 24 heavy (non-hydrogen) atoms. The molecule has 0 atom stereocenters. The molecule has 120 valence electrons. The molecule has 1 N–H and O–H groups in total. The molecule has 0 fully saturated rings. The van der Waals surface area contributed by atoms with Crippen LogP contribution >= 0.6 is 11.6 Å². The third-order valence-corrected chi connectivity index (χ3v) is 4.00. The topological polar surface area (TPSA) is 57.7 Å². The lowest BCUT2D eigenvalue weighted by Gasteiger charge is -2.21. The minimum Gasteiger partial charge on any atom is -0.365 e. The Kier molecular flexibility index (Phi) is 3.74. The van der Waals surface area contributed by atoms with Crippen molar-refractivity contribution in [3.8, 4) is 11.4 Å². The summed E-state index contributed by atoms with van der Waals surface area (Å²) >= 11 is 5.75. The number of hydrogen-bond acceptors (Lipinski definition) is 4. The van der Waals surface area contributed by atoms with Crippen LogP contribution in [0.1, 0.15) is 17.1 Å². The predicted molar refractivity (Wildman–Crippen MR) is 89.3 cm³/mol. The van der Waals surface area contributed by atoms with E-state index in [-0.39, 0.29) is 5.82 Å². The van der Waals surface area contributed by atoms with E-state index in [4.69, 9.17) is 11.6 Å². The first kappa shape index (κ1) is 14.8. The maximum atomic E-state index is 13.9. The van der Waals surface area contributed by atoms with Crippen molar-refractivity contribution in [3.05, 3.63) is 70.7 Å². The summed E-state index contributed by atoms with van der Waals surface area (Å²) < 4.78 is 13.9. The monoisotopic (exact) mass is 341 g/mol. The molecule has 2 aromatic heterocycles. The summed E-state index contributed by atoms with van der Waals surface area (Å²) in [5, 5.41) is 8.27. The molecule has 3 aromatic rings. The molecule has 4 rings (SSSR count). The molecule has 7 heteroatoms. The van der Waals surface area contributed by atoms with Crippen molar-refractivity contribution in [3.63, 3.8) is 0 Å². The van der Waals surface area contributed by atoms with E-state index in [0.717, 1.165) is 17.1 Å². The standard InChI is InChI=1S/C17H13ClFN5/c18-16-6-5-11(22-23-16)9-24-8-7-14-15(10-24)21-17(20-14)12-3-1-2-4-13(12)19/h1-8H,9-10H2,(H,20,21). The first-order valence-electron chi connectivity index (χ1n) is 7.43. The fourth-order valence-corrected chi connectivity index (χ4v) is 2.73. The van der Waals surface area contributed by atoms with Crippen LogP contribution in [0.5, 0.6) is 0 Å². The zero-order chi connectivity index (χ0) is 16.5. The molecule has 1 aromatic carbocycles. The van der Waals surface area contributed by atoms with Gasteiger partial charge in [0, 0.05) is 6.20 Å². The third kappa shape index (κ3) is 2.88. The number of nitrogens with zero attached hydrogens (tertiary/aromatic N) is 4. The second kappa shape index (κ2) is 6.05. The molecule has 0 radical (unpaired) electrons. The van der Waals surface area contributed by atoms with E-state index >= 15 is 0 Å². The van der Waals surface area contributed by atoms with Gasteiger partial charge in [0.1, 0.15) is 11.6 Å². The first-order chi connectivity index (χ1) is 11.7. The van der Waals surface area contributed by atoms with Gasteiger partial charge >= 0.3 is 0 Å². The second-order valence-electron chi connectivity index (χ2n) is 5.49. The molecule has 0 spiro atoms. The first-order valence-corrected chi connectivity index (χ1v) is 7.81. The molecule has 0 saturated carbocycles. The van der Waals surface area contributed by atoms with Gasteiger partial charge in [-0.3, -0.25) is 0 Å². The van der Waals surface area contributed by atoms with Gasteiger partial charge in [0.15, 0.2) is 5.15 Å². The summed E-state index contributed by atoms with van der Waals surface area (Å²) in [6, 6.07) is 10.2. The fraction of sp³-hybridized carbons (Fsp3) is 0.118. The van der Waals surface area contributed by atoms with Crippen LogP contribution in [0.4, 0.5) is 4.39 Å². The van der Waals surface area contributed by atoms with E-state index in [1.54, 1.807) is 24.3 Å². The average Bonchev–Trinajstić information content (AvgIpc) is 3.00. The van der Waals surface area contributed by atoms with Gasteiger partial charge in [-0.2, -0.15) is 5.10 Å². The summed E-state index contributed by atoms with van der Waals surface area (Å²) in [6.45, 7) is 1.21. The van der Waals surface area contributed by atoms with Gasteiger partial charge in [-0.15, -0.1) is 5.10 Å². The van der Waals surface area contributed by atoms with Crippen LogP contribution in [0.3, 0.4) is 0 Å². The molecule has 0 amide bonds. The van der Waals surface area contributed by atoms with Gasteiger partial charge in [-0.25, -0.2) is 9.37 Å². The Morgan fingerprint density at radius 2 is 2.04 bits per heavy atom. The Labute approximate surface area is 142 Å². The third-order valence-electron chi connectivity index (χ3n) is 3.80. The normalized spacial score (nSPS) is 13.2. The Bertz CT molecular complexity index is 904. The van der Waals surface area contributed by atoms with E-state index in [1.807, 2.05) is 18.3 Å². The molecular weight excluding hydrogens is 329 g/mol. The SMILES string of the molecule is Fc1ccccc1-c1nc2c([nH]1)C=CN(Cc1ccc(Cl)nn1)C2. The zero-order valence-electron chi connectivity index (χ0n) is 12.6. The highest BCUT2D eigenvalue weighted by Crippen LogP contribution is 2.25. The second-order valence-corrected chi connectivity index (χ2v) is 5.88. The number of fused-ring (bicyclic) bond motifs is 1. The quantitative estimate of drug-likeness (QED) is 0.790. The zero-order valence-corrected chi connectivity index (χ0v) is 13.3. The lowest BCUT2D eigenvalue weighted by Crippen LogP contribution is -2.20. The molecule has 0 unspecified atom stereocenters. The summed E-state index contributed by atoms with van der Waals surface area (Å²) in [5.74, 6) is 0.247. The molecule has 0 aliphatic carbocycles. The van der Waals surface area contributed by atoms with Gasteiger partial charge in [0.2, 0.25) is 0 Å². The van der Waals surface area contributed by atoms with E-state index < -0.39 is 0 Å². The Balaban J connectivity index is 1.55. The highest BCUT2D eigenvalue weighted by Gasteiger charge is 2.18. The maximum Gasteiger partial charge on any atom is 0.151 e. The molecule has 0 saturated heterocycles. The number of halogens is 2. The van der Waals surface area contributed by atoms with E-state index in [1.165, 1.54) is 6.07 Å². The lowest BCUT2D eigenvalue weighted by molar-refractivity contribution is 0.349. The largest absolute Gasteiger partial charge is 0.365 e. The van der Waals surface area contributed by atoms with Crippen molar-refractivity contribution in [2.75, 3.05) is 0 Å². The molecule has 0 bridgehead atoms. The van der Waals surface area contributed by atoms with Gasteiger partial charge in [-0.05, 0) is 30.3 Å². The summed E-state index contributed by atoms with van der Waals surface area (Å²) in [5.41, 5.74) is 3.05. The van der Waals surface area contributed by atoms with E-state index in [0.29, 0.717) is 29.6 Å². The van der Waals surface area contributed by atoms with Gasteiger partial charge in [-0.1, -0.05) is 23.7 Å². The van der Waals surface area contributed by atoms with Crippen molar-refractivity contribution >= 4 is 17.7 Å². The molecule has 1 aliphatic heterocycles. The summed E-state index contributed by atoms with van der Waals surface area (Å²) in [4.78, 5) is 9.78. The van der Waals surface area contributed by atoms with Crippen LogP contribution in [-0.2, 0) is 13.1 Å². The molecule has 3 heterocycles. The number of imidazole rings is 1. The smallest absolute Gasteiger partial charge is 0.151 e. The van der Waals surface area contributed by atoms with Crippen molar-refractivity contribution < 1.29 is 4.39 Å². The molecule has 1 aliphatic rings. The summed E-state index contributed by atoms with van der Waals surface area (Å²) in [7, 11) is 0. The van der Waals surface area contributed by atoms with E-state index in [9.17, 15) is 4.39 Å². The number of aromatic nitrogens is 4. The van der Waals surface area contributed by atoms with Crippen LogP contribution in [0.25, 0.3) is 17.5 Å². The Morgan fingerprint density at radius 1 is 1.17 bits per heavy atom. The van der Waals surface area contributed by atoms with Gasteiger partial charge in [0.25, 0.3) is 0 Å². The maximum absolute atomic E-state index is 13.9. The summed E-state index contributed by atoms with van der Waals surface area (Å²) in [6.07, 6.45) is 3.89. The minimum atomic E-state index is -0.291. The molecule has 5 nitrogen and oxygen atoms in total. The van der Waals surface area contributed by atoms with Crippen molar-refractivity contribution in [2.45, 2.75) is 13.1 Å². The van der Waals surface area contributed by atoms with E-state index in [2.05, 4.69) is 25.1 Å². The van der Waals surface area contributed by atoms with Crippen LogP contribution in [0.15, 0.2) is 42.6 Å². The van der Waals surface area contributed by atoms with Gasteiger partial charge in [0.05, 0.1) is 35.7 Å². The number of rotatable bonds is 3.